The number of thiol groups is 1. The molecule has 0 spiro atoms. The summed E-state index contributed by atoms with van der Waals surface area (Å²) < 4.78 is 4.30. The molecular formula is C13H14N2O2S. The Morgan fingerprint density at radius 2 is 2.00 bits per heavy atom. The second-order valence-corrected chi connectivity index (χ2v) is 5.57. The fourth-order valence-corrected chi connectivity index (χ4v) is 1.40. The van der Waals surface area contributed by atoms with E-state index in [1.807, 2.05) is 30.3 Å². The number of carbonyl (C=O) groups is 1. The molecule has 1 aromatic heterocycles. The Morgan fingerprint density at radius 3 is 2.61 bits per heavy atom. The predicted octanol–water partition coefficient (Wildman–Crippen LogP) is 2.99. The topological polar surface area (TPSA) is 55.1 Å². The molecule has 4 nitrogen and oxygen atoms in total. The largest absolute Gasteiger partial charge is 0.338 e. The Kier molecular flexibility index (Phi) is 3.43. The van der Waals surface area contributed by atoms with Crippen LogP contribution in [0.5, 0.6) is 0 Å². The Labute approximate surface area is 111 Å². The van der Waals surface area contributed by atoms with Crippen molar-refractivity contribution in [1.29, 1.82) is 0 Å². The van der Waals surface area contributed by atoms with Gasteiger partial charge in [0, 0.05) is 11.6 Å². The fraction of sp³-hybridized carbons (Fsp3) is 0.231. The number of benzene rings is 1. The molecule has 1 aromatic carbocycles. The third-order valence-electron chi connectivity index (χ3n) is 2.37. The van der Waals surface area contributed by atoms with Gasteiger partial charge in [0.1, 0.15) is 5.69 Å². The summed E-state index contributed by atoms with van der Waals surface area (Å²) in [6.45, 7) is 3.42. The van der Waals surface area contributed by atoms with Crippen molar-refractivity contribution in [2.24, 2.45) is 0 Å². The molecule has 5 heteroatoms. The maximum atomic E-state index is 11.7. The lowest BCUT2D eigenvalue weighted by Gasteiger charge is -2.14. The van der Waals surface area contributed by atoms with Gasteiger partial charge in [0.25, 0.3) is 0 Å². The minimum Gasteiger partial charge on any atom is -0.338 e. The standard InChI is InChI=1S/C13H14N2O2S/c1-13(2,18)12(16)14-11-8-10(15-17-11)9-6-4-3-5-7-9/h3-8,18H,1-2H3,(H,14,16). The van der Waals surface area contributed by atoms with Crippen LogP contribution in [0.1, 0.15) is 13.8 Å². The normalized spacial score (nSPS) is 11.3. The molecule has 0 unspecified atom stereocenters. The molecule has 0 saturated carbocycles. The zero-order chi connectivity index (χ0) is 13.2. The van der Waals surface area contributed by atoms with Crippen molar-refractivity contribution in [3.05, 3.63) is 36.4 Å². The smallest absolute Gasteiger partial charge is 0.242 e. The molecule has 0 aliphatic carbocycles. The number of hydrogen-bond donors (Lipinski definition) is 2. The van der Waals surface area contributed by atoms with Crippen molar-refractivity contribution in [3.63, 3.8) is 0 Å². The summed E-state index contributed by atoms with van der Waals surface area (Å²) in [6, 6.07) is 11.3. The lowest BCUT2D eigenvalue weighted by Crippen LogP contribution is -2.31. The number of anilines is 1. The van der Waals surface area contributed by atoms with Crippen molar-refractivity contribution in [3.8, 4) is 11.3 Å². The van der Waals surface area contributed by atoms with Gasteiger partial charge in [-0.05, 0) is 13.8 Å². The van der Waals surface area contributed by atoms with Gasteiger partial charge in [-0.25, -0.2) is 0 Å². The molecule has 1 heterocycles. The molecule has 94 valence electrons. The van der Waals surface area contributed by atoms with E-state index in [9.17, 15) is 4.79 Å². The van der Waals surface area contributed by atoms with Crippen LogP contribution < -0.4 is 5.32 Å². The van der Waals surface area contributed by atoms with Crippen LogP contribution in [0.25, 0.3) is 11.3 Å². The van der Waals surface area contributed by atoms with Crippen molar-refractivity contribution < 1.29 is 9.32 Å². The molecule has 0 bridgehead atoms. The number of nitrogens with one attached hydrogen (secondary N) is 1. The average Bonchev–Trinajstić information content (AvgIpc) is 2.77. The molecule has 18 heavy (non-hydrogen) atoms. The minimum atomic E-state index is -0.764. The van der Waals surface area contributed by atoms with Crippen molar-refractivity contribution in [1.82, 2.24) is 5.16 Å². The first-order chi connectivity index (χ1) is 8.47. The highest BCUT2D eigenvalue weighted by Crippen LogP contribution is 2.22. The van der Waals surface area contributed by atoms with Crippen LogP contribution in [0.2, 0.25) is 0 Å². The van der Waals surface area contributed by atoms with E-state index in [2.05, 4.69) is 23.1 Å². The minimum absolute atomic E-state index is 0.235. The molecular weight excluding hydrogens is 248 g/mol. The van der Waals surface area contributed by atoms with Gasteiger partial charge in [-0.1, -0.05) is 35.5 Å². The maximum absolute atomic E-state index is 11.7. The predicted molar refractivity (Wildman–Crippen MR) is 73.6 cm³/mol. The lowest BCUT2D eigenvalue weighted by atomic mass is 10.1. The summed E-state index contributed by atoms with van der Waals surface area (Å²) in [5.41, 5.74) is 1.62. The molecule has 2 rings (SSSR count). The van der Waals surface area contributed by atoms with Gasteiger partial charge >= 0.3 is 0 Å². The highest BCUT2D eigenvalue weighted by atomic mass is 32.1. The second-order valence-electron chi connectivity index (χ2n) is 4.46. The molecule has 0 radical (unpaired) electrons. The van der Waals surface area contributed by atoms with Gasteiger partial charge in [-0.2, -0.15) is 12.6 Å². The van der Waals surface area contributed by atoms with Crippen LogP contribution in [0.3, 0.4) is 0 Å². The summed E-state index contributed by atoms with van der Waals surface area (Å²) in [5.74, 6) is 0.0857. The Balaban J connectivity index is 2.15. The van der Waals surface area contributed by atoms with Gasteiger partial charge in [0.15, 0.2) is 0 Å². The van der Waals surface area contributed by atoms with Crippen LogP contribution >= 0.6 is 12.6 Å². The Morgan fingerprint density at radius 1 is 1.33 bits per heavy atom. The van der Waals surface area contributed by atoms with Crippen LogP contribution in [0.4, 0.5) is 5.88 Å². The number of amides is 1. The van der Waals surface area contributed by atoms with E-state index in [0.29, 0.717) is 11.6 Å². The highest BCUT2D eigenvalue weighted by Gasteiger charge is 2.23. The number of nitrogens with zero attached hydrogens (tertiary/aromatic N) is 1. The van der Waals surface area contributed by atoms with Gasteiger partial charge < -0.3 is 4.52 Å². The molecule has 2 aromatic rings. The van der Waals surface area contributed by atoms with Gasteiger partial charge in [-0.3, -0.25) is 10.1 Å². The summed E-state index contributed by atoms with van der Waals surface area (Å²) in [7, 11) is 0. The lowest BCUT2D eigenvalue weighted by molar-refractivity contribution is -0.117. The van der Waals surface area contributed by atoms with E-state index in [4.69, 9.17) is 4.52 Å². The van der Waals surface area contributed by atoms with E-state index in [0.717, 1.165) is 5.56 Å². The van der Waals surface area contributed by atoms with Crippen LogP contribution in [-0.2, 0) is 4.79 Å². The van der Waals surface area contributed by atoms with Crippen LogP contribution in [0.15, 0.2) is 40.9 Å². The monoisotopic (exact) mass is 262 g/mol. The van der Waals surface area contributed by atoms with E-state index >= 15 is 0 Å². The third kappa shape index (κ3) is 2.92. The summed E-state index contributed by atoms with van der Waals surface area (Å²) in [5, 5.41) is 6.53. The van der Waals surface area contributed by atoms with Crippen molar-refractivity contribution in [2.45, 2.75) is 18.6 Å². The number of hydrogen-bond acceptors (Lipinski definition) is 4. The van der Waals surface area contributed by atoms with Crippen LogP contribution in [0, 0.1) is 0 Å². The van der Waals surface area contributed by atoms with E-state index in [1.165, 1.54) is 0 Å². The van der Waals surface area contributed by atoms with Gasteiger partial charge in [-0.15, -0.1) is 0 Å². The molecule has 1 amide bonds. The van der Waals surface area contributed by atoms with E-state index in [-0.39, 0.29) is 5.91 Å². The second kappa shape index (κ2) is 4.86. The van der Waals surface area contributed by atoms with E-state index < -0.39 is 4.75 Å². The summed E-state index contributed by atoms with van der Waals surface area (Å²) >= 11 is 4.18. The molecule has 0 fully saturated rings. The van der Waals surface area contributed by atoms with Crippen molar-refractivity contribution >= 4 is 24.4 Å². The zero-order valence-electron chi connectivity index (χ0n) is 10.2. The first kappa shape index (κ1) is 12.7. The first-order valence-corrected chi connectivity index (χ1v) is 5.97. The number of aromatic nitrogens is 1. The van der Waals surface area contributed by atoms with E-state index in [1.54, 1.807) is 19.9 Å². The summed E-state index contributed by atoms with van der Waals surface area (Å²) in [4.78, 5) is 11.7. The molecule has 0 aliphatic rings. The fourth-order valence-electron chi connectivity index (χ4n) is 1.34. The Hall–Kier alpha value is -1.75. The Bertz CT molecular complexity index is 544. The first-order valence-electron chi connectivity index (χ1n) is 5.53. The number of rotatable bonds is 3. The molecule has 0 aliphatic heterocycles. The van der Waals surface area contributed by atoms with Gasteiger partial charge in [0.2, 0.25) is 11.8 Å². The quantitative estimate of drug-likeness (QED) is 0.836. The SMILES string of the molecule is CC(C)(S)C(=O)Nc1cc(-c2ccccc2)no1. The zero-order valence-corrected chi connectivity index (χ0v) is 11.1. The summed E-state index contributed by atoms with van der Waals surface area (Å²) in [6.07, 6.45) is 0. The molecule has 0 atom stereocenters. The molecule has 1 N–H and O–H groups in total. The van der Waals surface area contributed by atoms with Gasteiger partial charge in [0.05, 0.1) is 4.75 Å². The molecule has 0 saturated heterocycles. The highest BCUT2D eigenvalue weighted by molar-refractivity contribution is 7.82. The maximum Gasteiger partial charge on any atom is 0.242 e. The van der Waals surface area contributed by atoms with Crippen molar-refractivity contribution in [2.75, 3.05) is 5.32 Å². The number of carbonyl (C=O) groups excluding carboxylic acids is 1. The average molecular weight is 262 g/mol. The third-order valence-corrected chi connectivity index (χ3v) is 2.58. The van der Waals surface area contributed by atoms with Crippen LogP contribution in [-0.4, -0.2) is 15.8 Å².